The Morgan fingerprint density at radius 1 is 1.24 bits per heavy atom. The van der Waals surface area contributed by atoms with Crippen molar-refractivity contribution >= 4 is 23.4 Å². The third kappa shape index (κ3) is 3.58. The van der Waals surface area contributed by atoms with E-state index >= 15 is 0 Å². The van der Waals surface area contributed by atoms with Crippen molar-refractivity contribution in [2.75, 3.05) is 12.8 Å². The monoisotopic (exact) mass is 301 g/mol. The van der Waals surface area contributed by atoms with Crippen LogP contribution in [0.15, 0.2) is 41.3 Å². The van der Waals surface area contributed by atoms with Crippen molar-refractivity contribution in [3.05, 3.63) is 58.7 Å². The van der Waals surface area contributed by atoms with Gasteiger partial charge in [0.05, 0.1) is 12.7 Å². The van der Waals surface area contributed by atoms with E-state index in [9.17, 15) is 4.79 Å². The zero-order chi connectivity index (χ0) is 15.4. The first-order valence-electron chi connectivity index (χ1n) is 6.68. The van der Waals surface area contributed by atoms with Crippen LogP contribution in [0.1, 0.15) is 27.0 Å². The molecular formula is C17H19NO2S. The number of aryl methyl sites for hydroxylation is 2. The van der Waals surface area contributed by atoms with E-state index in [0.717, 1.165) is 5.56 Å². The summed E-state index contributed by atoms with van der Waals surface area (Å²) in [7, 11) is 1.37. The number of thioether (sulfide) groups is 1. The van der Waals surface area contributed by atoms with E-state index < -0.39 is 0 Å². The number of nitrogen functional groups attached to an aromatic ring is 1. The molecule has 0 aliphatic heterocycles. The predicted octanol–water partition coefficient (Wildman–Crippen LogP) is 3.96. The molecule has 3 nitrogen and oxygen atoms in total. The quantitative estimate of drug-likeness (QED) is 0.527. The van der Waals surface area contributed by atoms with Crippen LogP contribution >= 0.6 is 11.8 Å². The highest BCUT2D eigenvalue weighted by Gasteiger charge is 2.15. The summed E-state index contributed by atoms with van der Waals surface area (Å²) in [5.41, 5.74) is 10.2. The standard InChI is InChI=1S/C17H19NO2S/c1-11-7-8-15(12(2)9-11)21-10-13-5-4-6-14(18)16(13)17(19)20-3/h4-9H,10,18H2,1-3H3. The van der Waals surface area contributed by atoms with Crippen LogP contribution in [0.25, 0.3) is 0 Å². The van der Waals surface area contributed by atoms with Gasteiger partial charge in [-0.1, -0.05) is 29.8 Å². The lowest BCUT2D eigenvalue weighted by Crippen LogP contribution is -2.09. The first-order valence-corrected chi connectivity index (χ1v) is 7.67. The van der Waals surface area contributed by atoms with Crippen molar-refractivity contribution in [3.8, 4) is 0 Å². The Kier molecular flexibility index (Phi) is 4.91. The Morgan fingerprint density at radius 3 is 2.67 bits per heavy atom. The summed E-state index contributed by atoms with van der Waals surface area (Å²) in [6.45, 7) is 4.17. The van der Waals surface area contributed by atoms with E-state index in [1.54, 1.807) is 17.8 Å². The summed E-state index contributed by atoms with van der Waals surface area (Å²) >= 11 is 1.70. The molecule has 0 fully saturated rings. The minimum absolute atomic E-state index is 0.385. The number of ether oxygens (including phenoxy) is 1. The van der Waals surface area contributed by atoms with E-state index in [4.69, 9.17) is 10.5 Å². The van der Waals surface area contributed by atoms with E-state index in [2.05, 4.69) is 32.0 Å². The molecule has 2 N–H and O–H groups in total. The van der Waals surface area contributed by atoms with Crippen molar-refractivity contribution in [1.82, 2.24) is 0 Å². The molecule has 0 amide bonds. The molecule has 0 atom stereocenters. The lowest BCUT2D eigenvalue weighted by atomic mass is 10.1. The van der Waals surface area contributed by atoms with E-state index in [1.807, 2.05) is 12.1 Å². The van der Waals surface area contributed by atoms with Gasteiger partial charge in [0.1, 0.15) is 0 Å². The highest BCUT2D eigenvalue weighted by atomic mass is 32.2. The van der Waals surface area contributed by atoms with Crippen LogP contribution in [0, 0.1) is 13.8 Å². The molecule has 0 heterocycles. The maximum Gasteiger partial charge on any atom is 0.340 e. The fraction of sp³-hybridized carbons (Fsp3) is 0.235. The number of carbonyl (C=O) groups excluding carboxylic acids is 1. The summed E-state index contributed by atoms with van der Waals surface area (Å²) in [5.74, 6) is 0.295. The van der Waals surface area contributed by atoms with Crippen LogP contribution in [0.5, 0.6) is 0 Å². The minimum atomic E-state index is -0.385. The van der Waals surface area contributed by atoms with Gasteiger partial charge in [-0.2, -0.15) is 0 Å². The molecule has 2 aromatic rings. The number of hydrogen-bond acceptors (Lipinski definition) is 4. The van der Waals surface area contributed by atoms with Crippen molar-refractivity contribution in [3.63, 3.8) is 0 Å². The van der Waals surface area contributed by atoms with Gasteiger partial charge in [0.15, 0.2) is 0 Å². The molecule has 0 saturated heterocycles. The minimum Gasteiger partial charge on any atom is -0.465 e. The average molecular weight is 301 g/mol. The smallest absolute Gasteiger partial charge is 0.340 e. The molecule has 21 heavy (non-hydrogen) atoms. The predicted molar refractivity (Wildman–Crippen MR) is 87.7 cm³/mol. The third-order valence-electron chi connectivity index (χ3n) is 3.29. The molecule has 0 radical (unpaired) electrons. The van der Waals surface area contributed by atoms with Crippen molar-refractivity contribution in [1.29, 1.82) is 0 Å². The maximum absolute atomic E-state index is 11.9. The van der Waals surface area contributed by atoms with Crippen molar-refractivity contribution in [2.24, 2.45) is 0 Å². The number of carbonyl (C=O) groups is 1. The molecule has 110 valence electrons. The molecule has 0 unspecified atom stereocenters. The Balaban J connectivity index is 2.24. The molecule has 2 rings (SSSR count). The highest BCUT2D eigenvalue weighted by molar-refractivity contribution is 7.98. The molecule has 0 aliphatic carbocycles. The van der Waals surface area contributed by atoms with E-state index in [1.165, 1.54) is 23.1 Å². The van der Waals surface area contributed by atoms with Gasteiger partial charge < -0.3 is 10.5 Å². The molecule has 4 heteroatoms. The Labute approximate surface area is 129 Å². The zero-order valence-corrected chi connectivity index (χ0v) is 13.3. The van der Waals surface area contributed by atoms with Gasteiger partial charge in [0, 0.05) is 16.3 Å². The number of esters is 1. The fourth-order valence-electron chi connectivity index (χ4n) is 2.21. The SMILES string of the molecule is COC(=O)c1c(N)cccc1CSc1ccc(C)cc1C. The van der Waals surface area contributed by atoms with Crippen LogP contribution in [-0.4, -0.2) is 13.1 Å². The summed E-state index contributed by atoms with van der Waals surface area (Å²) in [4.78, 5) is 13.1. The molecule has 0 bridgehead atoms. The van der Waals surface area contributed by atoms with Crippen LogP contribution < -0.4 is 5.73 Å². The lowest BCUT2D eigenvalue weighted by Gasteiger charge is -2.11. The van der Waals surface area contributed by atoms with Gasteiger partial charge in [0.25, 0.3) is 0 Å². The number of nitrogens with two attached hydrogens (primary N) is 1. The molecule has 0 spiro atoms. The first-order chi connectivity index (χ1) is 10.0. The van der Waals surface area contributed by atoms with Crippen molar-refractivity contribution in [2.45, 2.75) is 24.5 Å². The second-order valence-corrected chi connectivity index (χ2v) is 5.95. The van der Waals surface area contributed by atoms with Gasteiger partial charge in [-0.25, -0.2) is 4.79 Å². The normalized spacial score (nSPS) is 10.4. The maximum atomic E-state index is 11.9. The van der Waals surface area contributed by atoms with Crippen molar-refractivity contribution < 1.29 is 9.53 Å². The van der Waals surface area contributed by atoms with Crippen LogP contribution in [0.3, 0.4) is 0 Å². The molecule has 0 aliphatic rings. The summed E-state index contributed by atoms with van der Waals surface area (Å²) in [5, 5.41) is 0. The van der Waals surface area contributed by atoms with Crippen LogP contribution in [-0.2, 0) is 10.5 Å². The topological polar surface area (TPSA) is 52.3 Å². The van der Waals surface area contributed by atoms with E-state index in [0.29, 0.717) is 17.0 Å². The second-order valence-electron chi connectivity index (χ2n) is 4.93. The Hall–Kier alpha value is -1.94. The molecule has 2 aromatic carbocycles. The van der Waals surface area contributed by atoms with Gasteiger partial charge in [-0.15, -0.1) is 11.8 Å². The summed E-state index contributed by atoms with van der Waals surface area (Å²) < 4.78 is 4.82. The molecule has 0 aromatic heterocycles. The van der Waals surface area contributed by atoms with Crippen LogP contribution in [0.4, 0.5) is 5.69 Å². The van der Waals surface area contributed by atoms with Gasteiger partial charge in [-0.3, -0.25) is 0 Å². The highest BCUT2D eigenvalue weighted by Crippen LogP contribution is 2.29. The number of benzene rings is 2. The van der Waals surface area contributed by atoms with Gasteiger partial charge in [0.2, 0.25) is 0 Å². The Morgan fingerprint density at radius 2 is 2.00 bits per heavy atom. The lowest BCUT2D eigenvalue weighted by molar-refractivity contribution is 0.0601. The number of hydrogen-bond donors (Lipinski definition) is 1. The first kappa shape index (κ1) is 15.4. The molecule has 0 saturated carbocycles. The van der Waals surface area contributed by atoms with Crippen LogP contribution in [0.2, 0.25) is 0 Å². The number of rotatable bonds is 4. The van der Waals surface area contributed by atoms with E-state index in [-0.39, 0.29) is 5.97 Å². The molecular weight excluding hydrogens is 282 g/mol. The number of anilines is 1. The van der Waals surface area contributed by atoms with Gasteiger partial charge >= 0.3 is 5.97 Å². The van der Waals surface area contributed by atoms with Gasteiger partial charge in [-0.05, 0) is 37.1 Å². The number of methoxy groups -OCH3 is 1. The summed E-state index contributed by atoms with van der Waals surface area (Å²) in [6, 6.07) is 11.9. The largest absolute Gasteiger partial charge is 0.465 e. The zero-order valence-electron chi connectivity index (χ0n) is 12.5. The second kappa shape index (κ2) is 6.68. The Bertz CT molecular complexity index is 668. The third-order valence-corrected chi connectivity index (χ3v) is 4.51. The summed E-state index contributed by atoms with van der Waals surface area (Å²) in [6.07, 6.45) is 0. The fourth-order valence-corrected chi connectivity index (χ4v) is 3.21. The average Bonchev–Trinajstić information content (AvgIpc) is 2.45.